The second-order valence-electron chi connectivity index (χ2n) is 3.89. The number of nitrogens with zero attached hydrogens (tertiary/aromatic N) is 2. The van der Waals surface area contributed by atoms with Gasteiger partial charge in [-0.25, -0.2) is 23.2 Å². The summed E-state index contributed by atoms with van der Waals surface area (Å²) in [6.45, 7) is 0. The molecule has 1 aromatic heterocycles. The number of hydrogen-bond donors (Lipinski definition) is 1. The van der Waals surface area contributed by atoms with E-state index >= 15 is 0 Å². The van der Waals surface area contributed by atoms with Crippen LogP contribution in [0, 0.1) is 0 Å². The van der Waals surface area contributed by atoms with Crippen molar-refractivity contribution in [2.24, 2.45) is 0 Å². The maximum absolute atomic E-state index is 11.3. The molecule has 6 nitrogen and oxygen atoms in total. The molecule has 0 unspecified atom stereocenters. The summed E-state index contributed by atoms with van der Waals surface area (Å²) < 4.78 is 22.6. The molecule has 0 atom stereocenters. The van der Waals surface area contributed by atoms with E-state index in [2.05, 4.69) is 9.97 Å². The molecule has 0 saturated carbocycles. The third kappa shape index (κ3) is 3.55. The standard InChI is InChI=1S/C12H10N2O4S2/c1-20(17,18)9-4-2-8(3-5-9)19-11-7-13-10(6-14-11)12(15)16/h2-7H,1H3,(H,15,16). The van der Waals surface area contributed by atoms with Crippen LogP contribution in [0.4, 0.5) is 0 Å². The molecule has 2 aromatic rings. The fourth-order valence-corrected chi connectivity index (χ4v) is 2.71. The van der Waals surface area contributed by atoms with E-state index in [1.165, 1.54) is 36.3 Å². The fraction of sp³-hybridized carbons (Fsp3) is 0.0833. The molecule has 1 heterocycles. The fourth-order valence-electron chi connectivity index (χ4n) is 1.35. The van der Waals surface area contributed by atoms with Crippen LogP contribution in [-0.4, -0.2) is 35.7 Å². The van der Waals surface area contributed by atoms with Gasteiger partial charge in [-0.3, -0.25) is 0 Å². The summed E-state index contributed by atoms with van der Waals surface area (Å²) in [5, 5.41) is 9.24. The maximum atomic E-state index is 11.3. The molecule has 0 radical (unpaired) electrons. The molecule has 1 aromatic carbocycles. The molecule has 1 N–H and O–H groups in total. The molecule has 2 rings (SSSR count). The minimum absolute atomic E-state index is 0.123. The van der Waals surface area contributed by atoms with E-state index in [4.69, 9.17) is 5.11 Å². The average molecular weight is 310 g/mol. The highest BCUT2D eigenvalue weighted by molar-refractivity contribution is 7.99. The Kier molecular flexibility index (Phi) is 4.05. The van der Waals surface area contributed by atoms with E-state index in [1.54, 1.807) is 12.1 Å². The Bertz CT molecular complexity index is 725. The zero-order valence-corrected chi connectivity index (χ0v) is 12.0. The first-order chi connectivity index (χ1) is 9.36. The first kappa shape index (κ1) is 14.5. The predicted molar refractivity (Wildman–Crippen MR) is 72.7 cm³/mol. The van der Waals surface area contributed by atoms with Gasteiger partial charge in [0.05, 0.1) is 17.3 Å². The van der Waals surface area contributed by atoms with Crippen LogP contribution >= 0.6 is 11.8 Å². The van der Waals surface area contributed by atoms with Crippen LogP contribution in [0.3, 0.4) is 0 Å². The summed E-state index contributed by atoms with van der Waals surface area (Å²) >= 11 is 1.27. The quantitative estimate of drug-likeness (QED) is 0.918. The molecule has 0 fully saturated rings. The first-order valence-corrected chi connectivity index (χ1v) is 8.10. The van der Waals surface area contributed by atoms with Crippen molar-refractivity contribution in [1.82, 2.24) is 9.97 Å². The third-order valence-corrected chi connectivity index (χ3v) is 4.38. The average Bonchev–Trinajstić information content (AvgIpc) is 2.39. The van der Waals surface area contributed by atoms with Crippen LogP contribution in [0.5, 0.6) is 0 Å². The summed E-state index contributed by atoms with van der Waals surface area (Å²) in [7, 11) is -3.21. The van der Waals surface area contributed by atoms with Crippen molar-refractivity contribution in [3.8, 4) is 0 Å². The van der Waals surface area contributed by atoms with E-state index in [0.29, 0.717) is 5.03 Å². The molecular formula is C12H10N2O4S2. The number of aromatic carboxylic acids is 1. The van der Waals surface area contributed by atoms with Crippen LogP contribution in [0.15, 0.2) is 51.5 Å². The van der Waals surface area contributed by atoms with Crippen LogP contribution < -0.4 is 0 Å². The van der Waals surface area contributed by atoms with Gasteiger partial charge in [0.2, 0.25) is 0 Å². The van der Waals surface area contributed by atoms with Crippen molar-refractivity contribution in [2.75, 3.05) is 6.26 Å². The minimum atomic E-state index is -3.21. The van der Waals surface area contributed by atoms with Gasteiger partial charge in [0.25, 0.3) is 0 Å². The highest BCUT2D eigenvalue weighted by Gasteiger charge is 2.08. The Balaban J connectivity index is 2.16. The molecule has 0 amide bonds. The van der Waals surface area contributed by atoms with Crippen molar-refractivity contribution in [2.45, 2.75) is 14.8 Å². The lowest BCUT2D eigenvalue weighted by Gasteiger charge is -2.02. The van der Waals surface area contributed by atoms with E-state index in [9.17, 15) is 13.2 Å². The van der Waals surface area contributed by atoms with E-state index in [1.807, 2.05) is 0 Å². The molecule has 8 heteroatoms. The molecule has 0 saturated heterocycles. The lowest BCUT2D eigenvalue weighted by atomic mass is 10.4. The Morgan fingerprint density at radius 1 is 1.15 bits per heavy atom. The lowest BCUT2D eigenvalue weighted by Crippen LogP contribution is -2.00. The molecule has 0 bridgehead atoms. The van der Waals surface area contributed by atoms with E-state index in [0.717, 1.165) is 11.2 Å². The highest BCUT2D eigenvalue weighted by Crippen LogP contribution is 2.26. The van der Waals surface area contributed by atoms with Crippen LogP contribution in [0.1, 0.15) is 10.5 Å². The van der Waals surface area contributed by atoms with Gasteiger partial charge in [-0.05, 0) is 24.3 Å². The van der Waals surface area contributed by atoms with Gasteiger partial charge in [0.1, 0.15) is 5.03 Å². The van der Waals surface area contributed by atoms with Gasteiger partial charge in [0, 0.05) is 11.2 Å². The number of carboxylic acids is 1. The zero-order chi connectivity index (χ0) is 14.8. The lowest BCUT2D eigenvalue weighted by molar-refractivity contribution is 0.0689. The molecule has 20 heavy (non-hydrogen) atoms. The Hall–Kier alpha value is -1.93. The van der Waals surface area contributed by atoms with Crippen LogP contribution in [-0.2, 0) is 9.84 Å². The summed E-state index contributed by atoms with van der Waals surface area (Å²) in [6.07, 6.45) is 3.68. The van der Waals surface area contributed by atoms with Crippen molar-refractivity contribution in [3.63, 3.8) is 0 Å². The van der Waals surface area contributed by atoms with Crippen molar-refractivity contribution >= 4 is 27.6 Å². The number of rotatable bonds is 4. The minimum Gasteiger partial charge on any atom is -0.476 e. The number of aromatic nitrogens is 2. The summed E-state index contributed by atoms with van der Waals surface area (Å²) in [5.74, 6) is -1.13. The number of sulfone groups is 1. The number of benzene rings is 1. The Morgan fingerprint density at radius 3 is 2.25 bits per heavy atom. The van der Waals surface area contributed by atoms with E-state index < -0.39 is 15.8 Å². The van der Waals surface area contributed by atoms with Crippen LogP contribution in [0.2, 0.25) is 0 Å². The molecule has 0 aliphatic rings. The molecule has 0 aliphatic carbocycles. The second kappa shape index (κ2) is 5.59. The molecule has 0 aliphatic heterocycles. The first-order valence-electron chi connectivity index (χ1n) is 5.39. The van der Waals surface area contributed by atoms with Crippen molar-refractivity contribution < 1.29 is 18.3 Å². The summed E-state index contributed by atoms with van der Waals surface area (Å²) in [4.78, 5) is 19.4. The number of hydrogen-bond acceptors (Lipinski definition) is 6. The largest absolute Gasteiger partial charge is 0.476 e. The smallest absolute Gasteiger partial charge is 0.356 e. The molecule has 0 spiro atoms. The monoisotopic (exact) mass is 310 g/mol. The number of carbonyl (C=O) groups is 1. The SMILES string of the molecule is CS(=O)(=O)c1ccc(Sc2cnc(C(=O)O)cn2)cc1. The Labute approximate surface area is 119 Å². The predicted octanol–water partition coefficient (Wildman–Crippen LogP) is 1.73. The van der Waals surface area contributed by atoms with Gasteiger partial charge >= 0.3 is 5.97 Å². The summed E-state index contributed by atoms with van der Waals surface area (Å²) in [6, 6.07) is 6.34. The molecular weight excluding hydrogens is 300 g/mol. The second-order valence-corrected chi connectivity index (χ2v) is 7.00. The van der Waals surface area contributed by atoms with Crippen molar-refractivity contribution in [3.05, 3.63) is 42.4 Å². The van der Waals surface area contributed by atoms with Gasteiger partial charge in [-0.15, -0.1) is 0 Å². The van der Waals surface area contributed by atoms with E-state index in [-0.39, 0.29) is 10.6 Å². The highest BCUT2D eigenvalue weighted by atomic mass is 32.2. The van der Waals surface area contributed by atoms with Gasteiger partial charge < -0.3 is 5.11 Å². The zero-order valence-electron chi connectivity index (χ0n) is 10.3. The normalized spacial score (nSPS) is 11.2. The molecule has 104 valence electrons. The van der Waals surface area contributed by atoms with Gasteiger partial charge in [-0.1, -0.05) is 11.8 Å². The maximum Gasteiger partial charge on any atom is 0.356 e. The number of carboxylic acid groups (broad SMARTS) is 1. The van der Waals surface area contributed by atoms with Crippen molar-refractivity contribution in [1.29, 1.82) is 0 Å². The summed E-state index contributed by atoms with van der Waals surface area (Å²) in [5.41, 5.74) is -0.123. The topological polar surface area (TPSA) is 97.2 Å². The van der Waals surface area contributed by atoms with Crippen LogP contribution in [0.25, 0.3) is 0 Å². The third-order valence-electron chi connectivity index (χ3n) is 2.32. The Morgan fingerprint density at radius 2 is 1.80 bits per heavy atom. The van der Waals surface area contributed by atoms with Gasteiger partial charge in [-0.2, -0.15) is 0 Å². The van der Waals surface area contributed by atoms with Gasteiger partial charge in [0.15, 0.2) is 15.5 Å².